The molecule has 0 unspecified atom stereocenters. The van der Waals surface area contributed by atoms with Gasteiger partial charge in [0.2, 0.25) is 6.10 Å². The zero-order valence-corrected chi connectivity index (χ0v) is 24.2. The Kier molecular flexibility index (Phi) is 8.76. The van der Waals surface area contributed by atoms with Crippen molar-refractivity contribution in [1.82, 2.24) is 0 Å². The highest BCUT2D eigenvalue weighted by atomic mass is 16.6. The van der Waals surface area contributed by atoms with Crippen molar-refractivity contribution in [3.05, 3.63) is 94.1 Å². The maximum atomic E-state index is 12.6. The topological polar surface area (TPSA) is 205 Å². The highest BCUT2D eigenvalue weighted by molar-refractivity contribution is 5.92. The number of carboxylic acids is 1. The van der Waals surface area contributed by atoms with Gasteiger partial charge in [-0.05, 0) is 95.1 Å². The minimum atomic E-state index is -1.62. The van der Waals surface area contributed by atoms with Crippen LogP contribution in [0.1, 0.15) is 39.8 Å². The number of fused-ring (bicyclic) bond motifs is 3. The van der Waals surface area contributed by atoms with Crippen molar-refractivity contribution in [3.63, 3.8) is 0 Å². The van der Waals surface area contributed by atoms with E-state index >= 15 is 0 Å². The molecule has 1 aliphatic rings. The molecule has 0 saturated carbocycles. The second kappa shape index (κ2) is 12.9. The van der Waals surface area contributed by atoms with Crippen molar-refractivity contribution in [1.29, 1.82) is 0 Å². The van der Waals surface area contributed by atoms with Gasteiger partial charge in [-0.2, -0.15) is 0 Å². The molecule has 0 aromatic heterocycles. The van der Waals surface area contributed by atoms with E-state index in [9.17, 15) is 50.4 Å². The van der Waals surface area contributed by atoms with Crippen LogP contribution in [0.3, 0.4) is 0 Å². The second-order valence-electron chi connectivity index (χ2n) is 10.8. The molecule has 236 valence electrons. The van der Waals surface area contributed by atoms with E-state index in [2.05, 4.69) is 0 Å². The summed E-state index contributed by atoms with van der Waals surface area (Å²) in [6, 6.07) is 12.6. The predicted octanol–water partition coefficient (Wildman–Crippen LogP) is 5.20. The standard InChI is InChI=1S/C35H30O11/c36-25-6-2-4-23-22(25)3-1-5-24-33(23)21(17-30(41)34(24)43)9-8-19-15-28(39)29(40)16-20(19)10-12-32(42)46-31(35(44)45)14-18-7-11-26(37)27(38)13-18/h2,4,6-13,15-17,31,36-41,43H,1,3,5,14H2,(H,44,45)/b9-8+,12-10+/t31-/m1/s1. The molecule has 46 heavy (non-hydrogen) atoms. The Bertz CT molecular complexity index is 1910. The molecule has 11 heteroatoms. The lowest BCUT2D eigenvalue weighted by atomic mass is 9.90. The number of hydrogen-bond acceptors (Lipinski definition) is 10. The Morgan fingerprint density at radius 2 is 1.33 bits per heavy atom. The van der Waals surface area contributed by atoms with E-state index in [1.807, 2.05) is 6.07 Å². The van der Waals surface area contributed by atoms with Crippen LogP contribution >= 0.6 is 0 Å². The summed E-state index contributed by atoms with van der Waals surface area (Å²) in [5.41, 5.74) is 3.86. The fourth-order valence-electron chi connectivity index (χ4n) is 5.45. The number of carbonyl (C=O) groups excluding carboxylic acids is 1. The fourth-order valence-corrected chi connectivity index (χ4v) is 5.45. The largest absolute Gasteiger partial charge is 0.508 e. The minimum Gasteiger partial charge on any atom is -0.508 e. The van der Waals surface area contributed by atoms with Crippen LogP contribution < -0.4 is 0 Å². The molecule has 5 rings (SSSR count). The van der Waals surface area contributed by atoms with E-state index in [-0.39, 0.29) is 35.0 Å². The van der Waals surface area contributed by atoms with Gasteiger partial charge in [-0.15, -0.1) is 0 Å². The number of phenols is 7. The molecule has 1 aliphatic carbocycles. The number of aliphatic carboxylic acids is 1. The van der Waals surface area contributed by atoms with E-state index in [4.69, 9.17) is 4.74 Å². The zero-order chi connectivity index (χ0) is 33.1. The van der Waals surface area contributed by atoms with Crippen LogP contribution in [0.5, 0.6) is 40.2 Å². The van der Waals surface area contributed by atoms with Crippen LogP contribution in [-0.4, -0.2) is 58.9 Å². The summed E-state index contributed by atoms with van der Waals surface area (Å²) in [5, 5.41) is 80.9. The summed E-state index contributed by atoms with van der Waals surface area (Å²) in [6.45, 7) is 0. The van der Waals surface area contributed by atoms with Gasteiger partial charge in [0, 0.05) is 23.6 Å². The molecule has 11 nitrogen and oxygen atoms in total. The van der Waals surface area contributed by atoms with E-state index in [0.717, 1.165) is 12.1 Å². The predicted molar refractivity (Wildman–Crippen MR) is 168 cm³/mol. The van der Waals surface area contributed by atoms with Crippen LogP contribution in [-0.2, 0) is 33.6 Å². The lowest BCUT2D eigenvalue weighted by Gasteiger charge is -2.16. The third-order valence-corrected chi connectivity index (χ3v) is 7.70. The number of benzene rings is 4. The van der Waals surface area contributed by atoms with Crippen molar-refractivity contribution in [2.24, 2.45) is 0 Å². The van der Waals surface area contributed by atoms with E-state index < -0.39 is 35.3 Å². The average Bonchev–Trinajstić information content (AvgIpc) is 3.21. The number of hydrogen-bond donors (Lipinski definition) is 8. The number of rotatable bonds is 8. The second-order valence-corrected chi connectivity index (χ2v) is 10.8. The van der Waals surface area contributed by atoms with Gasteiger partial charge < -0.3 is 45.6 Å². The van der Waals surface area contributed by atoms with Gasteiger partial charge in [-0.3, -0.25) is 0 Å². The Labute approximate surface area is 262 Å². The molecule has 0 saturated heterocycles. The first-order chi connectivity index (χ1) is 21.9. The molecule has 0 aliphatic heterocycles. The monoisotopic (exact) mass is 626 g/mol. The van der Waals surface area contributed by atoms with Crippen LogP contribution in [0.4, 0.5) is 0 Å². The highest BCUT2D eigenvalue weighted by Crippen LogP contribution is 2.46. The number of phenolic OH excluding ortho intramolecular Hbond substituents is 7. The summed E-state index contributed by atoms with van der Waals surface area (Å²) >= 11 is 0. The Morgan fingerprint density at radius 1 is 0.696 bits per heavy atom. The maximum absolute atomic E-state index is 12.6. The van der Waals surface area contributed by atoms with Gasteiger partial charge in [-0.25, -0.2) is 9.59 Å². The number of carboxylic acid groups (broad SMARTS) is 1. The number of esters is 1. The van der Waals surface area contributed by atoms with E-state index in [1.54, 1.807) is 24.3 Å². The molecule has 1 atom stereocenters. The maximum Gasteiger partial charge on any atom is 0.345 e. The molecule has 0 radical (unpaired) electrons. The lowest BCUT2D eigenvalue weighted by Crippen LogP contribution is -2.28. The molecular formula is C35H30O11. The van der Waals surface area contributed by atoms with E-state index in [1.165, 1.54) is 36.4 Å². The Morgan fingerprint density at radius 3 is 2.02 bits per heavy atom. The minimum absolute atomic E-state index is 0.113. The number of carbonyl (C=O) groups is 2. The summed E-state index contributed by atoms with van der Waals surface area (Å²) < 4.78 is 5.10. The van der Waals surface area contributed by atoms with Gasteiger partial charge in [-0.1, -0.05) is 30.4 Å². The molecule has 8 N–H and O–H groups in total. The van der Waals surface area contributed by atoms with E-state index in [0.29, 0.717) is 58.2 Å². The van der Waals surface area contributed by atoms with Crippen molar-refractivity contribution < 1.29 is 55.2 Å². The molecule has 0 fully saturated rings. The molecule has 0 bridgehead atoms. The van der Waals surface area contributed by atoms with Crippen LogP contribution in [0, 0.1) is 0 Å². The average molecular weight is 627 g/mol. The van der Waals surface area contributed by atoms with Gasteiger partial charge >= 0.3 is 11.9 Å². The molecular weight excluding hydrogens is 596 g/mol. The van der Waals surface area contributed by atoms with Gasteiger partial charge in [0.05, 0.1) is 0 Å². The first-order valence-electron chi connectivity index (χ1n) is 14.2. The Hall–Kier alpha value is -6.10. The van der Waals surface area contributed by atoms with Gasteiger partial charge in [0.15, 0.2) is 34.5 Å². The van der Waals surface area contributed by atoms with Crippen molar-refractivity contribution >= 4 is 30.2 Å². The first-order valence-corrected chi connectivity index (χ1v) is 14.2. The normalized spacial score (nSPS) is 13.2. The van der Waals surface area contributed by atoms with Crippen molar-refractivity contribution in [2.45, 2.75) is 31.8 Å². The van der Waals surface area contributed by atoms with Gasteiger partial charge in [0.25, 0.3) is 0 Å². The molecule has 0 heterocycles. The fraction of sp³-hybridized carbons (Fsp3) is 0.143. The van der Waals surface area contributed by atoms with Crippen LogP contribution in [0.15, 0.2) is 60.7 Å². The summed E-state index contributed by atoms with van der Waals surface area (Å²) in [6.07, 6.45) is 5.08. The summed E-state index contributed by atoms with van der Waals surface area (Å²) in [5.74, 6) is -4.73. The third kappa shape index (κ3) is 6.53. The van der Waals surface area contributed by atoms with Crippen molar-refractivity contribution in [3.8, 4) is 51.4 Å². The molecule has 4 aromatic rings. The quantitative estimate of drug-likeness (QED) is 0.0552. The lowest BCUT2D eigenvalue weighted by molar-refractivity contribution is -0.160. The summed E-state index contributed by atoms with van der Waals surface area (Å²) in [4.78, 5) is 24.4. The summed E-state index contributed by atoms with van der Waals surface area (Å²) in [7, 11) is 0. The van der Waals surface area contributed by atoms with Gasteiger partial charge in [0.1, 0.15) is 5.75 Å². The zero-order valence-electron chi connectivity index (χ0n) is 24.2. The first kappa shape index (κ1) is 31.3. The van der Waals surface area contributed by atoms with Crippen molar-refractivity contribution in [2.75, 3.05) is 0 Å². The van der Waals surface area contributed by atoms with Crippen LogP contribution in [0.25, 0.3) is 29.4 Å². The molecule has 4 aromatic carbocycles. The Balaban J connectivity index is 1.46. The molecule has 0 spiro atoms. The number of ether oxygens (including phenoxy) is 1. The smallest absolute Gasteiger partial charge is 0.345 e. The third-order valence-electron chi connectivity index (χ3n) is 7.70. The molecule has 0 amide bonds. The highest BCUT2D eigenvalue weighted by Gasteiger charge is 2.25. The SMILES string of the molecule is O=C(/C=C/c1cc(O)c(O)cc1/C=C/c1cc(O)c(O)c2c1-c1cccc(O)c1CCC2)O[C@H](Cc1ccc(O)c(O)c1)C(=O)O. The number of aromatic hydroxyl groups is 7. The van der Waals surface area contributed by atoms with Crippen LogP contribution in [0.2, 0.25) is 0 Å².